The summed E-state index contributed by atoms with van der Waals surface area (Å²) in [6, 6.07) is 13.8. The number of hydrogen-bond acceptors (Lipinski definition) is 1. The summed E-state index contributed by atoms with van der Waals surface area (Å²) in [5.74, 6) is 0.0183. The van der Waals surface area contributed by atoms with E-state index in [0.29, 0.717) is 0 Å². The van der Waals surface area contributed by atoms with Gasteiger partial charge >= 0.3 is 0 Å². The van der Waals surface area contributed by atoms with Crippen molar-refractivity contribution in [3.05, 3.63) is 67.1 Å². The summed E-state index contributed by atoms with van der Waals surface area (Å²) in [5.41, 5.74) is 0.718. The average molecular weight is 236 g/mol. The molecule has 0 aliphatic carbocycles. The summed E-state index contributed by atoms with van der Waals surface area (Å²) >= 11 is 0. The number of carbonyl (C=O) groups excluding carboxylic acids is 1. The Balaban J connectivity index is 2.15. The molecule has 1 nitrogen and oxygen atoms in total. The molecule has 2 aromatic carbocycles. The molecule has 0 unspecified atom stereocenters. The van der Waals surface area contributed by atoms with E-state index in [9.17, 15) is 4.79 Å². The van der Waals surface area contributed by atoms with Gasteiger partial charge in [0.1, 0.15) is 0 Å². The molecule has 0 aromatic heterocycles. The van der Waals surface area contributed by atoms with Gasteiger partial charge in [0, 0.05) is 5.56 Å². The molecule has 0 aliphatic heterocycles. The highest BCUT2D eigenvalue weighted by Gasteiger charge is 2.02. The first kappa shape index (κ1) is 12.6. The van der Waals surface area contributed by atoms with Gasteiger partial charge in [0.2, 0.25) is 0 Å². The SMILES string of the molecule is [CH2]CCC[C]=CC(=O)c1ccc2ccccc2c1. The zero-order valence-corrected chi connectivity index (χ0v) is 10.4. The lowest BCUT2D eigenvalue weighted by molar-refractivity contribution is 0.104. The summed E-state index contributed by atoms with van der Waals surface area (Å²) in [6.45, 7) is 3.76. The third-order valence-corrected chi connectivity index (χ3v) is 2.84. The fourth-order valence-corrected chi connectivity index (χ4v) is 1.82. The van der Waals surface area contributed by atoms with Crippen molar-refractivity contribution in [1.82, 2.24) is 0 Å². The molecule has 0 fully saturated rings. The summed E-state index contributed by atoms with van der Waals surface area (Å²) in [6.07, 6.45) is 7.21. The minimum absolute atomic E-state index is 0.0183. The molecule has 0 heterocycles. The normalized spacial score (nSPS) is 11.2. The van der Waals surface area contributed by atoms with Crippen LogP contribution in [-0.2, 0) is 0 Å². The van der Waals surface area contributed by atoms with Gasteiger partial charge in [0.15, 0.2) is 5.78 Å². The first-order chi connectivity index (χ1) is 8.81. The molecule has 0 N–H and O–H groups in total. The highest BCUT2D eigenvalue weighted by molar-refractivity contribution is 6.06. The van der Waals surface area contributed by atoms with E-state index in [2.05, 4.69) is 13.0 Å². The fourth-order valence-electron chi connectivity index (χ4n) is 1.82. The Kier molecular flexibility index (Phi) is 4.30. The van der Waals surface area contributed by atoms with Gasteiger partial charge in [-0.05, 0) is 41.8 Å². The smallest absolute Gasteiger partial charge is 0.186 e. The van der Waals surface area contributed by atoms with Gasteiger partial charge in [-0.1, -0.05) is 49.7 Å². The zero-order chi connectivity index (χ0) is 12.8. The van der Waals surface area contributed by atoms with Crippen LogP contribution in [0.4, 0.5) is 0 Å². The molecular formula is C17H16O. The number of carbonyl (C=O) groups is 1. The van der Waals surface area contributed by atoms with Crippen LogP contribution in [-0.4, -0.2) is 5.78 Å². The number of benzene rings is 2. The van der Waals surface area contributed by atoms with Crippen LogP contribution in [0.15, 0.2) is 48.5 Å². The van der Waals surface area contributed by atoms with E-state index >= 15 is 0 Å². The fraction of sp³-hybridized carbons (Fsp3) is 0.176. The minimum atomic E-state index is 0.0183. The maximum atomic E-state index is 11.9. The van der Waals surface area contributed by atoms with Crippen LogP contribution in [0.5, 0.6) is 0 Å². The third-order valence-electron chi connectivity index (χ3n) is 2.84. The standard InChI is InChI=1S/C17H16O/c1-2-3-4-5-10-17(18)16-12-11-14-8-6-7-9-15(14)13-16/h6-13H,1-4H2. The lowest BCUT2D eigenvalue weighted by Crippen LogP contribution is -1.94. The number of hydrogen-bond donors (Lipinski definition) is 0. The molecular weight excluding hydrogens is 220 g/mol. The Labute approximate surface area is 108 Å². The van der Waals surface area contributed by atoms with Crippen LogP contribution >= 0.6 is 0 Å². The number of ketones is 1. The molecule has 0 aliphatic rings. The van der Waals surface area contributed by atoms with Gasteiger partial charge in [-0.3, -0.25) is 4.79 Å². The van der Waals surface area contributed by atoms with Crippen molar-refractivity contribution in [1.29, 1.82) is 0 Å². The van der Waals surface area contributed by atoms with Gasteiger partial charge in [-0.15, -0.1) is 0 Å². The van der Waals surface area contributed by atoms with Crippen LogP contribution in [0.3, 0.4) is 0 Å². The predicted octanol–water partition coefficient (Wildman–Crippen LogP) is 4.39. The number of unbranched alkanes of at least 4 members (excludes halogenated alkanes) is 2. The molecule has 0 saturated heterocycles. The summed E-state index contributed by atoms with van der Waals surface area (Å²) < 4.78 is 0. The molecule has 18 heavy (non-hydrogen) atoms. The van der Waals surface area contributed by atoms with Crippen LogP contribution in [0, 0.1) is 13.0 Å². The van der Waals surface area contributed by atoms with Crippen LogP contribution in [0.1, 0.15) is 29.6 Å². The lowest BCUT2D eigenvalue weighted by Gasteiger charge is -2.00. The Morgan fingerprint density at radius 2 is 1.94 bits per heavy atom. The van der Waals surface area contributed by atoms with Crippen molar-refractivity contribution in [2.75, 3.05) is 0 Å². The Morgan fingerprint density at radius 3 is 2.72 bits per heavy atom. The highest BCUT2D eigenvalue weighted by atomic mass is 16.1. The first-order valence-electron chi connectivity index (χ1n) is 6.20. The van der Waals surface area contributed by atoms with Gasteiger partial charge in [-0.2, -0.15) is 0 Å². The molecule has 2 rings (SSSR count). The predicted molar refractivity (Wildman–Crippen MR) is 75.3 cm³/mol. The van der Waals surface area contributed by atoms with Crippen LogP contribution < -0.4 is 0 Å². The van der Waals surface area contributed by atoms with E-state index in [1.165, 1.54) is 0 Å². The zero-order valence-electron chi connectivity index (χ0n) is 10.4. The second-order valence-corrected chi connectivity index (χ2v) is 4.23. The minimum Gasteiger partial charge on any atom is -0.289 e. The van der Waals surface area contributed by atoms with Crippen molar-refractivity contribution in [2.24, 2.45) is 0 Å². The molecule has 0 amide bonds. The highest BCUT2D eigenvalue weighted by Crippen LogP contribution is 2.16. The van der Waals surface area contributed by atoms with Gasteiger partial charge < -0.3 is 0 Å². The molecule has 0 atom stereocenters. The average Bonchev–Trinajstić information content (AvgIpc) is 2.43. The molecule has 0 bridgehead atoms. The first-order valence-corrected chi connectivity index (χ1v) is 6.20. The van der Waals surface area contributed by atoms with Crippen molar-refractivity contribution in [2.45, 2.75) is 19.3 Å². The van der Waals surface area contributed by atoms with Gasteiger partial charge in [0.05, 0.1) is 0 Å². The Hall–Kier alpha value is -1.89. The molecule has 0 spiro atoms. The van der Waals surface area contributed by atoms with E-state index in [-0.39, 0.29) is 5.78 Å². The Morgan fingerprint density at radius 1 is 1.17 bits per heavy atom. The molecule has 1 heteroatoms. The topological polar surface area (TPSA) is 17.1 Å². The monoisotopic (exact) mass is 236 g/mol. The van der Waals surface area contributed by atoms with E-state index in [4.69, 9.17) is 0 Å². The second-order valence-electron chi connectivity index (χ2n) is 4.23. The molecule has 90 valence electrons. The molecule has 2 aromatic rings. The van der Waals surface area contributed by atoms with E-state index < -0.39 is 0 Å². The quantitative estimate of drug-likeness (QED) is 0.427. The van der Waals surface area contributed by atoms with Crippen LogP contribution in [0.25, 0.3) is 10.8 Å². The van der Waals surface area contributed by atoms with Crippen LogP contribution in [0.2, 0.25) is 0 Å². The maximum Gasteiger partial charge on any atom is 0.186 e. The van der Waals surface area contributed by atoms with Crippen molar-refractivity contribution in [3.8, 4) is 0 Å². The maximum absolute atomic E-state index is 11.9. The van der Waals surface area contributed by atoms with Crippen molar-refractivity contribution >= 4 is 16.6 Å². The van der Waals surface area contributed by atoms with Gasteiger partial charge in [0.25, 0.3) is 0 Å². The molecule has 2 radical (unpaired) electrons. The third kappa shape index (κ3) is 3.07. The summed E-state index contributed by atoms with van der Waals surface area (Å²) in [7, 11) is 0. The van der Waals surface area contributed by atoms with E-state index in [1.54, 1.807) is 6.08 Å². The van der Waals surface area contributed by atoms with Crippen molar-refractivity contribution in [3.63, 3.8) is 0 Å². The number of fused-ring (bicyclic) bond motifs is 1. The molecule has 0 saturated carbocycles. The lowest BCUT2D eigenvalue weighted by atomic mass is 10.0. The van der Waals surface area contributed by atoms with E-state index in [0.717, 1.165) is 35.6 Å². The van der Waals surface area contributed by atoms with Crippen molar-refractivity contribution < 1.29 is 4.79 Å². The summed E-state index contributed by atoms with van der Waals surface area (Å²) in [5, 5.41) is 2.24. The Bertz CT molecular complexity index is 567. The summed E-state index contributed by atoms with van der Waals surface area (Å²) in [4.78, 5) is 11.9. The largest absolute Gasteiger partial charge is 0.289 e. The number of allylic oxidation sites excluding steroid dienone is 2. The van der Waals surface area contributed by atoms with Gasteiger partial charge in [-0.25, -0.2) is 0 Å². The van der Waals surface area contributed by atoms with E-state index in [1.807, 2.05) is 42.5 Å². The number of rotatable bonds is 5. The second kappa shape index (κ2) is 6.15.